The maximum Gasteiger partial charge on any atom is 0.393 e. The molecule has 15 heteroatoms. The molecule has 5 rings (SSSR count). The third-order valence-electron chi connectivity index (χ3n) is 9.55. The number of rotatable bonds is 6. The molecule has 5 saturated heterocycles. The number of hydrogen-bond donors (Lipinski definition) is 5. The van der Waals surface area contributed by atoms with E-state index in [2.05, 4.69) is 33.5 Å². The lowest BCUT2D eigenvalue weighted by molar-refractivity contribution is -0.191. The van der Waals surface area contributed by atoms with Gasteiger partial charge in [0.2, 0.25) is 11.8 Å². The summed E-state index contributed by atoms with van der Waals surface area (Å²) in [4.78, 5) is 28.6. The van der Waals surface area contributed by atoms with Gasteiger partial charge in [-0.25, -0.2) is 0 Å². The van der Waals surface area contributed by atoms with Gasteiger partial charge in [0.25, 0.3) is 0 Å². The number of alkyl halides is 4. The van der Waals surface area contributed by atoms with Crippen molar-refractivity contribution in [3.05, 3.63) is 0 Å². The van der Waals surface area contributed by atoms with E-state index in [1.54, 1.807) is 23.8 Å². The van der Waals surface area contributed by atoms with Crippen LogP contribution in [-0.2, 0) is 19.1 Å². The van der Waals surface area contributed by atoms with Gasteiger partial charge in [-0.1, -0.05) is 0 Å². The van der Waals surface area contributed by atoms with Crippen molar-refractivity contribution in [2.24, 2.45) is 23.7 Å². The standard InChI is InChI=1S/C26H42ClF3N6O4S/c1-12-4-14(15-6-21(27)32-9-19(15)40-3)16(8-31-12)23(37)35-25-34-17-10-36(11-20(17)41-25)24(38)22-18(39-2)5-13(7-33-22)26(28,29)30/h12-22,25,31-34H,4-11H2,1-3H3,(H,35,37). The summed E-state index contributed by atoms with van der Waals surface area (Å²) in [6.07, 6.45) is -3.82. The minimum atomic E-state index is -4.33. The molecule has 10 nitrogen and oxygen atoms in total. The second kappa shape index (κ2) is 13.0. The Labute approximate surface area is 248 Å². The Hall–Kier alpha value is -0.870. The van der Waals surface area contributed by atoms with Crippen molar-refractivity contribution in [2.45, 2.75) is 78.9 Å². The number of hydrogen-bond acceptors (Lipinski definition) is 9. The van der Waals surface area contributed by atoms with Crippen LogP contribution in [0.3, 0.4) is 0 Å². The number of amides is 2. The molecule has 5 N–H and O–H groups in total. The Morgan fingerprint density at radius 1 is 0.976 bits per heavy atom. The fourth-order valence-electron chi connectivity index (χ4n) is 7.27. The third kappa shape index (κ3) is 6.95. The van der Waals surface area contributed by atoms with Crippen molar-refractivity contribution >= 4 is 35.2 Å². The minimum Gasteiger partial charge on any atom is -0.380 e. The van der Waals surface area contributed by atoms with Gasteiger partial charge < -0.3 is 30.3 Å². The van der Waals surface area contributed by atoms with Gasteiger partial charge >= 0.3 is 6.18 Å². The average molecular weight is 627 g/mol. The number of carbonyl (C=O) groups is 2. The van der Waals surface area contributed by atoms with E-state index in [1.165, 1.54) is 7.11 Å². The average Bonchev–Trinajstić information content (AvgIpc) is 3.50. The van der Waals surface area contributed by atoms with Crippen LogP contribution in [0, 0.1) is 23.7 Å². The van der Waals surface area contributed by atoms with E-state index in [-0.39, 0.29) is 70.9 Å². The molecule has 5 aliphatic rings. The minimum absolute atomic E-state index is 0.00633. The topological polar surface area (TPSA) is 116 Å². The molecule has 12 atom stereocenters. The molecular weight excluding hydrogens is 585 g/mol. The summed E-state index contributed by atoms with van der Waals surface area (Å²) in [6.45, 7) is 3.96. The maximum atomic E-state index is 13.6. The Morgan fingerprint density at radius 2 is 1.73 bits per heavy atom. The van der Waals surface area contributed by atoms with E-state index in [0.717, 1.165) is 12.8 Å². The van der Waals surface area contributed by atoms with Crippen molar-refractivity contribution in [1.82, 2.24) is 31.5 Å². The quantitative estimate of drug-likeness (QED) is 0.214. The lowest BCUT2D eigenvalue weighted by Crippen LogP contribution is -2.60. The molecule has 5 fully saturated rings. The van der Waals surface area contributed by atoms with Crippen LogP contribution >= 0.6 is 23.4 Å². The van der Waals surface area contributed by atoms with Crippen LogP contribution in [0.2, 0.25) is 0 Å². The number of halogens is 4. The van der Waals surface area contributed by atoms with E-state index in [4.69, 9.17) is 21.1 Å². The molecule has 0 aromatic carbocycles. The Bertz CT molecular complexity index is 941. The smallest absolute Gasteiger partial charge is 0.380 e. The number of ether oxygens (including phenoxy) is 2. The first-order chi connectivity index (χ1) is 19.5. The summed E-state index contributed by atoms with van der Waals surface area (Å²) in [6, 6.07) is -0.543. The van der Waals surface area contributed by atoms with Gasteiger partial charge in [-0.05, 0) is 38.0 Å². The molecule has 0 aromatic rings. The molecular formula is C26H42ClF3N6O4S. The fourth-order valence-corrected chi connectivity index (χ4v) is 8.97. The molecule has 5 heterocycles. The Balaban J connectivity index is 1.15. The molecule has 0 saturated carbocycles. The number of fused-ring (bicyclic) bond motifs is 1. The number of thioether (sulfide) groups is 1. The molecule has 0 aliphatic carbocycles. The van der Waals surface area contributed by atoms with Gasteiger partial charge in [0.05, 0.1) is 29.5 Å². The van der Waals surface area contributed by atoms with Crippen LogP contribution in [0.25, 0.3) is 0 Å². The van der Waals surface area contributed by atoms with Crippen molar-refractivity contribution in [3.8, 4) is 0 Å². The summed E-state index contributed by atoms with van der Waals surface area (Å²) < 4.78 is 50.7. The van der Waals surface area contributed by atoms with Crippen molar-refractivity contribution in [1.29, 1.82) is 0 Å². The molecule has 5 aliphatic heterocycles. The van der Waals surface area contributed by atoms with Gasteiger partial charge in [-0.2, -0.15) is 13.2 Å². The predicted molar refractivity (Wildman–Crippen MR) is 149 cm³/mol. The molecule has 41 heavy (non-hydrogen) atoms. The normalized spacial score (nSPS) is 43.5. The van der Waals surface area contributed by atoms with Gasteiger partial charge in [-0.3, -0.25) is 20.2 Å². The highest BCUT2D eigenvalue weighted by atomic mass is 35.5. The lowest BCUT2D eigenvalue weighted by Gasteiger charge is -2.45. The first kappa shape index (κ1) is 31.6. The van der Waals surface area contributed by atoms with Crippen LogP contribution in [-0.4, -0.2) is 116 Å². The van der Waals surface area contributed by atoms with Crippen LogP contribution in [0.5, 0.6) is 0 Å². The zero-order valence-electron chi connectivity index (χ0n) is 23.6. The number of nitrogens with one attached hydrogen (secondary N) is 5. The van der Waals surface area contributed by atoms with E-state index in [9.17, 15) is 22.8 Å². The zero-order chi connectivity index (χ0) is 29.5. The van der Waals surface area contributed by atoms with E-state index in [0.29, 0.717) is 32.2 Å². The summed E-state index contributed by atoms with van der Waals surface area (Å²) in [7, 11) is 3.05. The summed E-state index contributed by atoms with van der Waals surface area (Å²) in [5.74, 6) is -1.71. The van der Waals surface area contributed by atoms with Gasteiger partial charge in [0, 0.05) is 64.3 Å². The third-order valence-corrected chi connectivity index (χ3v) is 11.2. The highest BCUT2D eigenvalue weighted by Gasteiger charge is 2.50. The molecule has 234 valence electrons. The molecule has 0 spiro atoms. The Kier molecular flexibility index (Phi) is 10.0. The van der Waals surface area contributed by atoms with Crippen molar-refractivity contribution < 1.29 is 32.2 Å². The van der Waals surface area contributed by atoms with E-state index in [1.807, 2.05) is 0 Å². The number of nitrogens with zero attached hydrogens (tertiary/aromatic N) is 1. The maximum absolute atomic E-state index is 13.6. The second-order valence-electron chi connectivity index (χ2n) is 12.1. The summed E-state index contributed by atoms with van der Waals surface area (Å²) >= 11 is 8.03. The van der Waals surface area contributed by atoms with Crippen LogP contribution in [0.1, 0.15) is 26.2 Å². The number of methoxy groups -OCH3 is 2. The van der Waals surface area contributed by atoms with Crippen LogP contribution < -0.4 is 26.6 Å². The molecule has 0 radical (unpaired) electrons. The number of likely N-dealkylation sites (tertiary alicyclic amines) is 1. The largest absolute Gasteiger partial charge is 0.393 e. The lowest BCUT2D eigenvalue weighted by atomic mass is 9.70. The highest BCUT2D eigenvalue weighted by Crippen LogP contribution is 2.39. The number of piperidine rings is 3. The highest BCUT2D eigenvalue weighted by molar-refractivity contribution is 8.00. The monoisotopic (exact) mass is 626 g/mol. The molecule has 0 bridgehead atoms. The zero-order valence-corrected chi connectivity index (χ0v) is 25.2. The second-order valence-corrected chi connectivity index (χ2v) is 14.0. The first-order valence-electron chi connectivity index (χ1n) is 14.5. The molecule has 12 unspecified atom stereocenters. The fraction of sp³-hybridized carbons (Fsp3) is 0.923. The predicted octanol–water partition coefficient (Wildman–Crippen LogP) is 0.661. The first-order valence-corrected chi connectivity index (χ1v) is 15.8. The summed E-state index contributed by atoms with van der Waals surface area (Å²) in [5, 5.41) is 16.2. The number of carbonyl (C=O) groups excluding carboxylic acids is 2. The van der Waals surface area contributed by atoms with E-state index >= 15 is 0 Å². The van der Waals surface area contributed by atoms with Gasteiger partial charge in [0.15, 0.2) is 0 Å². The van der Waals surface area contributed by atoms with Gasteiger partial charge in [0.1, 0.15) is 11.5 Å². The van der Waals surface area contributed by atoms with Crippen molar-refractivity contribution in [2.75, 3.05) is 46.9 Å². The van der Waals surface area contributed by atoms with Crippen LogP contribution in [0.4, 0.5) is 13.2 Å². The summed E-state index contributed by atoms with van der Waals surface area (Å²) in [5.41, 5.74) is -0.430. The van der Waals surface area contributed by atoms with Crippen LogP contribution in [0.15, 0.2) is 0 Å². The Morgan fingerprint density at radius 3 is 2.41 bits per heavy atom. The van der Waals surface area contributed by atoms with Gasteiger partial charge in [-0.15, -0.1) is 23.4 Å². The molecule has 0 aromatic heterocycles. The van der Waals surface area contributed by atoms with Crippen molar-refractivity contribution in [3.63, 3.8) is 0 Å². The molecule has 2 amide bonds. The SMILES string of the molecule is COC1CC(C(F)(F)F)CNC1C(=O)N1CC2NC(NC(=O)C3CNC(C)CC3C3CC(Cl)NCC3OC)SC2C1. The van der Waals surface area contributed by atoms with E-state index < -0.39 is 24.2 Å².